The van der Waals surface area contributed by atoms with Crippen molar-refractivity contribution in [2.45, 2.75) is 177 Å². The molecule has 30 nitrogen and oxygen atoms in total. The molecule has 0 aliphatic heterocycles. The van der Waals surface area contributed by atoms with Crippen molar-refractivity contribution in [3.8, 4) is 5.75 Å². The van der Waals surface area contributed by atoms with Crippen LogP contribution < -0.4 is 70.0 Å². The summed E-state index contributed by atoms with van der Waals surface area (Å²) >= 11 is 0. The van der Waals surface area contributed by atoms with Crippen LogP contribution in [0.5, 0.6) is 5.75 Å². The standard InChI is InChI=1S/C60H87N15O15/c1-32(76)51(75-58(89)47(29-48(61)79)73-55(86)41(15-9-17-50(81)82)70-56(87)45(68-33(2)77)26-36-20-22-38(78)23-21-36)59(90)74-44(25-34-11-5-4-6-12-34)53(84)67-31-49(80)69-46(27-35-18-19-35)57(88)71-42(16-10-24-65-60(63)64-3)54(85)72-43(52(62)83)28-37-30-66-40-14-8-7-13-39(37)40/h7-8,13-14,20-23,30,32,34-35,41-47,51,66,76,78H,4-6,9-12,15-19,24-29,31H2,1-3H3,(H2,61,79)(H2,62,83)(H,67,84)(H,68,77)(H,69,80)(H,70,87)(H,71,88)(H,72,85)(H,73,86)(H,74,90)(H,75,89)(H,81,82)(H3,63,64,65)/t32-,41+,42+,43+,44+,45-,46+,47+,51+/m1/s1. The summed E-state index contributed by atoms with van der Waals surface area (Å²) in [5.41, 5.74) is 13.3. The molecule has 0 bridgehead atoms. The summed E-state index contributed by atoms with van der Waals surface area (Å²) in [4.78, 5) is 164. The normalized spacial score (nSPS) is 16.0. The fourth-order valence-corrected chi connectivity index (χ4v) is 10.5. The Balaban J connectivity index is 1.28. The summed E-state index contributed by atoms with van der Waals surface area (Å²) in [6.45, 7) is 1.83. The van der Waals surface area contributed by atoms with Gasteiger partial charge in [0, 0.05) is 56.9 Å². The lowest BCUT2D eigenvalue weighted by Crippen LogP contribution is -2.61. The van der Waals surface area contributed by atoms with E-state index in [0.29, 0.717) is 24.0 Å². The number of carbonyl (C=O) groups is 12. The number of aliphatic hydroxyl groups is 1. The molecule has 0 saturated heterocycles. The van der Waals surface area contributed by atoms with Crippen LogP contribution >= 0.6 is 0 Å². The number of fused-ring (bicyclic) bond motifs is 1. The zero-order valence-electron chi connectivity index (χ0n) is 50.9. The Kier molecular flexibility index (Phi) is 28.2. The summed E-state index contributed by atoms with van der Waals surface area (Å²) in [5, 5.41) is 67.0. The number of rotatable bonds is 37. The van der Waals surface area contributed by atoms with Crippen molar-refractivity contribution in [3.05, 3.63) is 65.9 Å². The third kappa shape index (κ3) is 24.3. The third-order valence-electron chi connectivity index (χ3n) is 15.6. The topological polar surface area (TPSA) is 490 Å². The number of nitrogens with one attached hydrogen (secondary N) is 13. The molecule has 2 fully saturated rings. The van der Waals surface area contributed by atoms with Gasteiger partial charge in [0.1, 0.15) is 54.1 Å². The number of carboxylic acid groups (broad SMARTS) is 1. The molecule has 90 heavy (non-hydrogen) atoms. The smallest absolute Gasteiger partial charge is 0.303 e. The molecule has 11 amide bonds. The number of aliphatic hydroxyl groups excluding tert-OH is 1. The Morgan fingerprint density at radius 2 is 1.18 bits per heavy atom. The van der Waals surface area contributed by atoms with Gasteiger partial charge in [0.15, 0.2) is 5.96 Å². The van der Waals surface area contributed by atoms with Crippen LogP contribution in [0.1, 0.15) is 121 Å². The number of aliphatic carboxylic acids is 1. The van der Waals surface area contributed by atoms with E-state index >= 15 is 0 Å². The van der Waals surface area contributed by atoms with Gasteiger partial charge in [-0.05, 0) is 86.6 Å². The highest BCUT2D eigenvalue weighted by molar-refractivity contribution is 5.99. The maximum Gasteiger partial charge on any atom is 0.303 e. The van der Waals surface area contributed by atoms with Crippen LogP contribution in [0.25, 0.3) is 10.9 Å². The molecule has 1 aromatic heterocycles. The lowest BCUT2D eigenvalue weighted by molar-refractivity contribution is -0.138. The number of nitrogens with two attached hydrogens (primary N) is 2. The molecule has 2 saturated carbocycles. The molecule has 2 aromatic carbocycles. The summed E-state index contributed by atoms with van der Waals surface area (Å²) in [5.74, 6) is -11.3. The van der Waals surface area contributed by atoms with E-state index in [1.807, 2.05) is 24.3 Å². The first-order valence-electron chi connectivity index (χ1n) is 30.3. The Bertz CT molecular complexity index is 3020. The third-order valence-corrected chi connectivity index (χ3v) is 15.6. The number of primary amides is 2. The van der Waals surface area contributed by atoms with E-state index < -0.39 is 145 Å². The molecule has 9 atom stereocenters. The summed E-state index contributed by atoms with van der Waals surface area (Å²) in [6.07, 6.45) is 4.17. The van der Waals surface area contributed by atoms with Crippen LogP contribution in [-0.2, 0) is 70.4 Å². The number of carboxylic acids is 1. The molecular weight excluding hydrogens is 1170 g/mol. The van der Waals surface area contributed by atoms with Crippen LogP contribution in [0.3, 0.4) is 0 Å². The highest BCUT2D eigenvalue weighted by Gasteiger charge is 2.38. The molecule has 0 spiro atoms. The van der Waals surface area contributed by atoms with Gasteiger partial charge in [-0.2, -0.15) is 0 Å². The highest BCUT2D eigenvalue weighted by Crippen LogP contribution is 2.34. The average Bonchev–Trinajstić information content (AvgIpc) is 3.05. The summed E-state index contributed by atoms with van der Waals surface area (Å²) in [6, 6.07) is 1.51. The number of benzene rings is 2. The van der Waals surface area contributed by atoms with E-state index in [4.69, 9.17) is 16.9 Å². The zero-order chi connectivity index (χ0) is 66.0. The molecule has 0 unspecified atom stereocenters. The highest BCUT2D eigenvalue weighted by atomic mass is 16.4. The number of aromatic hydroxyl groups is 1. The van der Waals surface area contributed by atoms with Gasteiger partial charge in [-0.1, -0.05) is 75.3 Å². The maximum absolute atomic E-state index is 14.2. The Morgan fingerprint density at radius 3 is 1.77 bits per heavy atom. The van der Waals surface area contributed by atoms with Crippen molar-refractivity contribution >= 4 is 87.8 Å². The van der Waals surface area contributed by atoms with E-state index in [0.717, 1.165) is 56.9 Å². The number of hydrogen-bond donors (Lipinski definition) is 18. The van der Waals surface area contributed by atoms with Crippen molar-refractivity contribution in [3.63, 3.8) is 0 Å². The molecule has 3 aromatic rings. The molecule has 20 N–H and O–H groups in total. The van der Waals surface area contributed by atoms with E-state index in [1.165, 1.54) is 24.3 Å². The molecule has 0 radical (unpaired) electrons. The first kappa shape index (κ1) is 71.4. The predicted molar refractivity (Wildman–Crippen MR) is 327 cm³/mol. The molecule has 30 heteroatoms. The van der Waals surface area contributed by atoms with E-state index in [1.54, 1.807) is 13.2 Å². The fraction of sp³-hybridized carbons (Fsp3) is 0.550. The van der Waals surface area contributed by atoms with E-state index in [9.17, 15) is 72.9 Å². The van der Waals surface area contributed by atoms with Gasteiger partial charge in [-0.15, -0.1) is 0 Å². The maximum atomic E-state index is 14.2. The Hall–Kier alpha value is -9.35. The first-order chi connectivity index (χ1) is 42.8. The van der Waals surface area contributed by atoms with Gasteiger partial charge in [0.2, 0.25) is 65.0 Å². The summed E-state index contributed by atoms with van der Waals surface area (Å²) in [7, 11) is 1.55. The van der Waals surface area contributed by atoms with E-state index in [-0.39, 0.29) is 81.5 Å². The van der Waals surface area contributed by atoms with Gasteiger partial charge < -0.3 is 90.3 Å². The van der Waals surface area contributed by atoms with Gasteiger partial charge >= 0.3 is 5.97 Å². The second-order valence-electron chi connectivity index (χ2n) is 23.0. The molecule has 1 heterocycles. The number of aromatic nitrogens is 1. The SMILES string of the molecule is CNC(=N)NCCC[C@H](NC(=O)[C@H](CC1CC1)NC(=O)CNC(=O)[C@H](CC1CCCCC1)NC(=O)[C@@H](NC(=O)[C@H](CC(N)=O)NC(=O)[C@H](CCCC(=O)O)NC(=O)[C@@H](Cc1ccc(O)cc1)NC(C)=O)[C@@H](C)O)C(=O)N[C@@H](Cc1c[nH]c2ccccc12)C(N)=O. The molecule has 5 rings (SSSR count). The molecule has 492 valence electrons. The first-order valence-corrected chi connectivity index (χ1v) is 30.3. The van der Waals surface area contributed by atoms with Crippen LogP contribution in [-0.4, -0.2) is 172 Å². The minimum absolute atomic E-state index is 0.0193. The van der Waals surface area contributed by atoms with Crippen molar-refractivity contribution < 1.29 is 72.9 Å². The monoisotopic (exact) mass is 1260 g/mol. The lowest BCUT2D eigenvalue weighted by Gasteiger charge is -2.29. The number of phenols is 1. The van der Waals surface area contributed by atoms with Gasteiger partial charge in [0.25, 0.3) is 0 Å². The summed E-state index contributed by atoms with van der Waals surface area (Å²) < 4.78 is 0. The number of H-pyrrole nitrogens is 1. The van der Waals surface area contributed by atoms with Crippen molar-refractivity contribution in [2.24, 2.45) is 23.3 Å². The van der Waals surface area contributed by atoms with Crippen LogP contribution in [0.15, 0.2) is 54.7 Å². The van der Waals surface area contributed by atoms with Crippen molar-refractivity contribution in [1.29, 1.82) is 5.41 Å². The number of aromatic amines is 1. The van der Waals surface area contributed by atoms with Crippen LogP contribution in [0.2, 0.25) is 0 Å². The number of phenolic OH excluding ortho intramolecular Hbond substituents is 1. The fourth-order valence-electron chi connectivity index (χ4n) is 10.5. The zero-order valence-corrected chi connectivity index (χ0v) is 50.9. The number of guanidine groups is 1. The number of para-hydroxylation sites is 1. The minimum atomic E-state index is -1.86. The number of hydrogen-bond acceptors (Lipinski definition) is 15. The van der Waals surface area contributed by atoms with Crippen LogP contribution in [0.4, 0.5) is 0 Å². The number of carbonyl (C=O) groups excluding carboxylic acids is 11. The Labute approximate surface area is 520 Å². The average molecular weight is 1260 g/mol. The molecule has 2 aliphatic rings. The second-order valence-corrected chi connectivity index (χ2v) is 23.0. The van der Waals surface area contributed by atoms with Crippen molar-refractivity contribution in [2.75, 3.05) is 20.1 Å². The minimum Gasteiger partial charge on any atom is -0.508 e. The van der Waals surface area contributed by atoms with Crippen LogP contribution in [0, 0.1) is 17.2 Å². The second kappa shape index (κ2) is 35.6. The predicted octanol–water partition coefficient (Wildman–Crippen LogP) is -2.04. The lowest BCUT2D eigenvalue weighted by atomic mass is 9.84. The quantitative estimate of drug-likeness (QED) is 0.0168. The largest absolute Gasteiger partial charge is 0.508 e. The Morgan fingerprint density at radius 1 is 0.622 bits per heavy atom. The van der Waals surface area contributed by atoms with Gasteiger partial charge in [-0.25, -0.2) is 0 Å². The number of amides is 11. The molecule has 2 aliphatic carbocycles. The van der Waals surface area contributed by atoms with Gasteiger partial charge in [-0.3, -0.25) is 62.9 Å². The van der Waals surface area contributed by atoms with E-state index in [2.05, 4.69) is 63.5 Å². The molecular formula is C60H87N15O15. The van der Waals surface area contributed by atoms with Crippen molar-refractivity contribution in [1.82, 2.24) is 63.5 Å². The van der Waals surface area contributed by atoms with Gasteiger partial charge in [0.05, 0.1) is 19.1 Å².